The van der Waals surface area contributed by atoms with Gasteiger partial charge >= 0.3 is 0 Å². The number of rotatable bonds is 9. The van der Waals surface area contributed by atoms with E-state index in [4.69, 9.17) is 9.47 Å². The van der Waals surface area contributed by atoms with Crippen molar-refractivity contribution in [3.05, 3.63) is 78.4 Å². The van der Waals surface area contributed by atoms with Gasteiger partial charge in [0.15, 0.2) is 6.61 Å². The highest BCUT2D eigenvalue weighted by molar-refractivity contribution is 5.85. The van der Waals surface area contributed by atoms with Crippen LogP contribution in [0.2, 0.25) is 0 Å². The molecule has 1 heterocycles. The Morgan fingerprint density at radius 1 is 1.07 bits per heavy atom. The maximum absolute atomic E-state index is 12.6. The first kappa shape index (κ1) is 20.9. The van der Waals surface area contributed by atoms with Crippen LogP contribution in [-0.2, 0) is 16.6 Å². The minimum Gasteiger partial charge on any atom is -0.496 e. The number of hydrogen-bond donors (Lipinski definition) is 2. The van der Waals surface area contributed by atoms with Crippen molar-refractivity contribution >= 4 is 11.8 Å². The van der Waals surface area contributed by atoms with Crippen molar-refractivity contribution in [2.75, 3.05) is 20.3 Å². The minimum atomic E-state index is -0.536. The zero-order chi connectivity index (χ0) is 21.3. The van der Waals surface area contributed by atoms with E-state index in [0.29, 0.717) is 17.3 Å². The van der Waals surface area contributed by atoms with E-state index < -0.39 is 6.04 Å². The summed E-state index contributed by atoms with van der Waals surface area (Å²) in [7, 11) is 3.42. The molecule has 0 radical (unpaired) electrons. The molecule has 0 fully saturated rings. The molecule has 8 nitrogen and oxygen atoms in total. The fourth-order valence-corrected chi connectivity index (χ4v) is 2.95. The number of nitrogens with zero attached hydrogens (tertiary/aromatic N) is 2. The summed E-state index contributed by atoms with van der Waals surface area (Å²) in [5, 5.41) is 5.49. The summed E-state index contributed by atoms with van der Waals surface area (Å²) >= 11 is 0. The van der Waals surface area contributed by atoms with Gasteiger partial charge in [0.25, 0.3) is 5.91 Å². The number of methoxy groups -OCH3 is 1. The van der Waals surface area contributed by atoms with E-state index in [-0.39, 0.29) is 25.0 Å². The number of aromatic nitrogens is 2. The van der Waals surface area contributed by atoms with Gasteiger partial charge in [-0.25, -0.2) is 4.98 Å². The van der Waals surface area contributed by atoms with Gasteiger partial charge in [-0.2, -0.15) is 0 Å². The molecule has 1 aromatic heterocycles. The topological polar surface area (TPSA) is 94.5 Å². The fourth-order valence-electron chi connectivity index (χ4n) is 2.95. The molecule has 8 heteroatoms. The number of aryl methyl sites for hydroxylation is 1. The molecule has 1 unspecified atom stereocenters. The molecule has 3 rings (SSSR count). The molecule has 0 saturated carbocycles. The molecule has 156 valence electrons. The number of ether oxygens (including phenoxy) is 2. The molecule has 2 aromatic carbocycles. The highest BCUT2D eigenvalue weighted by Gasteiger charge is 2.23. The molecule has 0 bridgehead atoms. The molecule has 0 aliphatic heterocycles. The molecular formula is C22H24N4O4. The maximum Gasteiger partial charge on any atom is 0.258 e. The second-order valence-electron chi connectivity index (χ2n) is 6.52. The monoisotopic (exact) mass is 408 g/mol. The largest absolute Gasteiger partial charge is 0.496 e. The van der Waals surface area contributed by atoms with E-state index in [1.807, 2.05) is 54.1 Å². The SMILES string of the molecule is COc1ccccc1C(NC(=O)CNC(=O)COc1ccccc1)c1nccn1C. The predicted octanol–water partition coefficient (Wildman–Crippen LogP) is 1.83. The standard InChI is InChI=1S/C22H24N4O4/c1-26-13-12-23-22(26)21(17-10-6-7-11-18(17)29-2)25-19(27)14-24-20(28)15-30-16-8-4-3-5-9-16/h3-13,21H,14-15H2,1-2H3,(H,24,28)(H,25,27). The van der Waals surface area contributed by atoms with E-state index in [0.717, 1.165) is 5.56 Å². The molecule has 0 spiro atoms. The quantitative estimate of drug-likeness (QED) is 0.563. The number of para-hydroxylation sites is 2. The number of imidazole rings is 1. The van der Waals surface area contributed by atoms with Crippen LogP contribution in [0.5, 0.6) is 11.5 Å². The Hall–Kier alpha value is -3.81. The van der Waals surface area contributed by atoms with E-state index in [9.17, 15) is 9.59 Å². The van der Waals surface area contributed by atoms with Crippen LogP contribution in [-0.4, -0.2) is 41.6 Å². The van der Waals surface area contributed by atoms with Crippen molar-refractivity contribution in [3.63, 3.8) is 0 Å². The number of benzene rings is 2. The van der Waals surface area contributed by atoms with E-state index >= 15 is 0 Å². The van der Waals surface area contributed by atoms with Gasteiger partial charge in [-0.3, -0.25) is 9.59 Å². The van der Waals surface area contributed by atoms with Crippen molar-refractivity contribution in [2.45, 2.75) is 6.04 Å². The molecule has 0 aliphatic carbocycles. The lowest BCUT2D eigenvalue weighted by atomic mass is 10.0. The zero-order valence-electron chi connectivity index (χ0n) is 16.9. The van der Waals surface area contributed by atoms with Gasteiger partial charge in [0.2, 0.25) is 5.91 Å². The summed E-state index contributed by atoms with van der Waals surface area (Å²) in [6.07, 6.45) is 3.46. The first-order valence-electron chi connectivity index (χ1n) is 9.42. The third-order valence-electron chi connectivity index (χ3n) is 4.43. The molecule has 2 amide bonds. The van der Waals surface area contributed by atoms with Crippen LogP contribution in [0.25, 0.3) is 0 Å². The summed E-state index contributed by atoms with van der Waals surface area (Å²) in [4.78, 5) is 28.9. The number of amides is 2. The van der Waals surface area contributed by atoms with Crippen LogP contribution in [0, 0.1) is 0 Å². The summed E-state index contributed by atoms with van der Waals surface area (Å²) in [6, 6.07) is 15.9. The first-order valence-corrected chi connectivity index (χ1v) is 9.42. The average molecular weight is 408 g/mol. The van der Waals surface area contributed by atoms with Gasteiger partial charge in [-0.15, -0.1) is 0 Å². The van der Waals surface area contributed by atoms with Crippen LogP contribution in [0.1, 0.15) is 17.4 Å². The molecule has 0 aliphatic rings. The molecule has 1 atom stereocenters. The van der Waals surface area contributed by atoms with Gasteiger partial charge in [-0.1, -0.05) is 36.4 Å². The van der Waals surface area contributed by atoms with Crippen molar-refractivity contribution in [3.8, 4) is 11.5 Å². The van der Waals surface area contributed by atoms with Gasteiger partial charge in [0.1, 0.15) is 23.4 Å². The maximum atomic E-state index is 12.6. The second-order valence-corrected chi connectivity index (χ2v) is 6.52. The molecule has 0 saturated heterocycles. The van der Waals surface area contributed by atoms with Gasteiger partial charge in [0, 0.05) is 25.0 Å². The minimum absolute atomic E-state index is 0.174. The Morgan fingerprint density at radius 3 is 2.50 bits per heavy atom. The third-order valence-corrected chi connectivity index (χ3v) is 4.43. The Balaban J connectivity index is 1.62. The summed E-state index contributed by atoms with van der Waals surface area (Å²) in [6.45, 7) is -0.361. The third kappa shape index (κ3) is 5.38. The number of carbonyl (C=O) groups excluding carboxylic acids is 2. The van der Waals surface area contributed by atoms with Crippen LogP contribution in [0.15, 0.2) is 67.0 Å². The predicted molar refractivity (Wildman–Crippen MR) is 111 cm³/mol. The number of carbonyl (C=O) groups is 2. The van der Waals surface area contributed by atoms with Crippen LogP contribution >= 0.6 is 0 Å². The van der Waals surface area contributed by atoms with Gasteiger partial charge < -0.3 is 24.7 Å². The molecular weight excluding hydrogens is 384 g/mol. The van der Waals surface area contributed by atoms with E-state index in [1.54, 1.807) is 31.6 Å². The highest BCUT2D eigenvalue weighted by atomic mass is 16.5. The van der Waals surface area contributed by atoms with Crippen molar-refractivity contribution in [2.24, 2.45) is 7.05 Å². The van der Waals surface area contributed by atoms with Crippen molar-refractivity contribution in [1.82, 2.24) is 20.2 Å². The van der Waals surface area contributed by atoms with E-state index in [1.165, 1.54) is 0 Å². The molecule has 3 aromatic rings. The smallest absolute Gasteiger partial charge is 0.258 e. The van der Waals surface area contributed by atoms with Gasteiger partial charge in [0.05, 0.1) is 13.7 Å². The second kappa shape index (κ2) is 10.1. The Morgan fingerprint density at radius 2 is 1.80 bits per heavy atom. The normalized spacial score (nSPS) is 11.4. The molecule has 30 heavy (non-hydrogen) atoms. The van der Waals surface area contributed by atoms with E-state index in [2.05, 4.69) is 15.6 Å². The van der Waals surface area contributed by atoms with Gasteiger partial charge in [-0.05, 0) is 18.2 Å². The lowest BCUT2D eigenvalue weighted by Gasteiger charge is -2.21. The lowest BCUT2D eigenvalue weighted by Crippen LogP contribution is -2.41. The van der Waals surface area contributed by atoms with Crippen molar-refractivity contribution < 1.29 is 19.1 Å². The highest BCUT2D eigenvalue weighted by Crippen LogP contribution is 2.28. The fraction of sp³-hybridized carbons (Fsp3) is 0.227. The Labute approximate surface area is 174 Å². The molecule has 2 N–H and O–H groups in total. The summed E-state index contributed by atoms with van der Waals surface area (Å²) < 4.78 is 12.6. The Bertz CT molecular complexity index is 988. The van der Waals surface area contributed by atoms with Crippen LogP contribution in [0.3, 0.4) is 0 Å². The summed E-state index contributed by atoms with van der Waals surface area (Å²) in [5.41, 5.74) is 0.765. The van der Waals surface area contributed by atoms with Crippen molar-refractivity contribution in [1.29, 1.82) is 0 Å². The lowest BCUT2D eigenvalue weighted by molar-refractivity contribution is -0.127. The summed E-state index contributed by atoms with van der Waals surface area (Å²) in [5.74, 6) is 1.11. The average Bonchev–Trinajstić information content (AvgIpc) is 3.21. The Kier molecular flexibility index (Phi) is 7.05. The number of nitrogens with one attached hydrogen (secondary N) is 2. The van der Waals surface area contributed by atoms with Crippen LogP contribution in [0.4, 0.5) is 0 Å². The zero-order valence-corrected chi connectivity index (χ0v) is 16.9. The number of hydrogen-bond acceptors (Lipinski definition) is 5. The van der Waals surface area contributed by atoms with Crippen LogP contribution < -0.4 is 20.1 Å². The first-order chi connectivity index (χ1) is 14.6.